The Balaban J connectivity index is 1.87. The third-order valence-electron chi connectivity index (χ3n) is 3.90. The van der Waals surface area contributed by atoms with Crippen molar-refractivity contribution in [1.82, 2.24) is 9.88 Å². The number of rotatable bonds is 2. The molecule has 0 unspecified atom stereocenters. The van der Waals surface area contributed by atoms with Crippen LogP contribution in [0.25, 0.3) is 0 Å². The van der Waals surface area contributed by atoms with Crippen LogP contribution in [0.5, 0.6) is 0 Å². The maximum absolute atomic E-state index is 4.12. The number of benzene rings is 1. The molecular weight excluding hydrogens is 256 g/mol. The van der Waals surface area contributed by atoms with Gasteiger partial charge in [0.25, 0.3) is 0 Å². The first-order chi connectivity index (χ1) is 10.4. The highest BCUT2D eigenvalue weighted by Crippen LogP contribution is 2.23. The molecule has 1 saturated heterocycles. The van der Waals surface area contributed by atoms with Crippen LogP contribution in [0, 0.1) is 11.8 Å². The van der Waals surface area contributed by atoms with Gasteiger partial charge in [-0.3, -0.25) is 9.88 Å². The third-order valence-corrected chi connectivity index (χ3v) is 3.90. The van der Waals surface area contributed by atoms with E-state index >= 15 is 0 Å². The summed E-state index contributed by atoms with van der Waals surface area (Å²) in [6.07, 6.45) is 7.60. The minimum absolute atomic E-state index is 0.175. The Morgan fingerprint density at radius 1 is 0.905 bits per heavy atom. The Hall–Kier alpha value is -2.11. The van der Waals surface area contributed by atoms with Crippen molar-refractivity contribution >= 4 is 0 Å². The second-order valence-corrected chi connectivity index (χ2v) is 5.42. The number of likely N-dealkylation sites (tertiary alicyclic amines) is 1. The van der Waals surface area contributed by atoms with E-state index in [0.717, 1.165) is 18.7 Å². The lowest BCUT2D eigenvalue weighted by Gasteiger charge is -2.31. The van der Waals surface area contributed by atoms with E-state index in [-0.39, 0.29) is 6.04 Å². The Kier molecular flexibility index (Phi) is 4.66. The molecule has 0 N–H and O–H groups in total. The summed E-state index contributed by atoms with van der Waals surface area (Å²) in [6.45, 7) is 2.27. The molecule has 2 heterocycles. The van der Waals surface area contributed by atoms with Gasteiger partial charge in [0, 0.05) is 18.0 Å². The zero-order valence-corrected chi connectivity index (χ0v) is 12.2. The van der Waals surface area contributed by atoms with Crippen LogP contribution >= 0.6 is 0 Å². The average molecular weight is 276 g/mol. The molecule has 3 rings (SSSR count). The fourth-order valence-electron chi connectivity index (χ4n) is 2.78. The normalized spacial score (nSPS) is 16.8. The van der Waals surface area contributed by atoms with E-state index in [4.69, 9.17) is 0 Å². The highest BCUT2D eigenvalue weighted by Gasteiger charge is 2.20. The van der Waals surface area contributed by atoms with Crippen LogP contribution in [0.2, 0.25) is 0 Å². The SMILES string of the molecule is C(#C[C@H](c1ccncc1)N1CCCCC1)c1ccccc1. The fraction of sp³-hybridized carbons (Fsp3) is 0.316. The Bertz CT molecular complexity index is 604. The molecule has 1 aliphatic rings. The number of piperidine rings is 1. The lowest BCUT2D eigenvalue weighted by Crippen LogP contribution is -2.33. The fourth-order valence-corrected chi connectivity index (χ4v) is 2.78. The Morgan fingerprint density at radius 2 is 1.62 bits per heavy atom. The van der Waals surface area contributed by atoms with Crippen molar-refractivity contribution in [3.63, 3.8) is 0 Å². The van der Waals surface area contributed by atoms with Gasteiger partial charge in [-0.2, -0.15) is 0 Å². The molecule has 2 nitrogen and oxygen atoms in total. The zero-order chi connectivity index (χ0) is 14.3. The lowest BCUT2D eigenvalue weighted by molar-refractivity contribution is 0.197. The predicted molar refractivity (Wildman–Crippen MR) is 85.7 cm³/mol. The molecule has 0 amide bonds. The van der Waals surface area contributed by atoms with Crippen molar-refractivity contribution in [3.05, 3.63) is 66.0 Å². The topological polar surface area (TPSA) is 16.1 Å². The van der Waals surface area contributed by atoms with Gasteiger partial charge in [0.1, 0.15) is 0 Å². The van der Waals surface area contributed by atoms with Crippen molar-refractivity contribution in [2.45, 2.75) is 25.3 Å². The molecule has 1 aromatic heterocycles. The molecule has 1 aliphatic heterocycles. The quantitative estimate of drug-likeness (QED) is 0.778. The van der Waals surface area contributed by atoms with Gasteiger partial charge in [-0.05, 0) is 55.8 Å². The van der Waals surface area contributed by atoms with Crippen LogP contribution in [-0.4, -0.2) is 23.0 Å². The molecule has 1 fully saturated rings. The van der Waals surface area contributed by atoms with Gasteiger partial charge in [-0.15, -0.1) is 0 Å². The molecule has 2 heteroatoms. The molecule has 0 bridgehead atoms. The maximum Gasteiger partial charge on any atom is 0.0975 e. The van der Waals surface area contributed by atoms with Crippen LogP contribution in [-0.2, 0) is 0 Å². The largest absolute Gasteiger partial charge is 0.286 e. The average Bonchev–Trinajstić information content (AvgIpc) is 2.58. The van der Waals surface area contributed by atoms with E-state index in [1.165, 1.54) is 24.8 Å². The number of pyridine rings is 1. The maximum atomic E-state index is 4.12. The van der Waals surface area contributed by atoms with Gasteiger partial charge >= 0.3 is 0 Å². The predicted octanol–water partition coefficient (Wildman–Crippen LogP) is 3.66. The van der Waals surface area contributed by atoms with Crippen molar-refractivity contribution < 1.29 is 0 Å². The number of nitrogens with zero attached hydrogens (tertiary/aromatic N) is 2. The number of hydrogen-bond donors (Lipinski definition) is 0. The third kappa shape index (κ3) is 3.71. The summed E-state index contributed by atoms with van der Waals surface area (Å²) >= 11 is 0. The molecule has 0 aliphatic carbocycles. The van der Waals surface area contributed by atoms with Crippen molar-refractivity contribution in [3.8, 4) is 11.8 Å². The molecule has 0 radical (unpaired) electrons. The number of aromatic nitrogens is 1. The molecule has 106 valence electrons. The van der Waals surface area contributed by atoms with E-state index in [1.807, 2.05) is 30.6 Å². The second-order valence-electron chi connectivity index (χ2n) is 5.42. The summed E-state index contributed by atoms with van der Waals surface area (Å²) in [5.74, 6) is 6.80. The summed E-state index contributed by atoms with van der Waals surface area (Å²) in [7, 11) is 0. The van der Waals surface area contributed by atoms with Gasteiger partial charge in [-0.25, -0.2) is 0 Å². The van der Waals surface area contributed by atoms with E-state index in [1.54, 1.807) is 0 Å². The molecule has 1 aromatic carbocycles. The molecule has 2 aromatic rings. The van der Waals surface area contributed by atoms with Crippen LogP contribution in [0.1, 0.15) is 36.4 Å². The van der Waals surface area contributed by atoms with E-state index in [9.17, 15) is 0 Å². The zero-order valence-electron chi connectivity index (χ0n) is 12.2. The van der Waals surface area contributed by atoms with Gasteiger partial charge in [0.15, 0.2) is 0 Å². The Morgan fingerprint density at radius 3 is 2.33 bits per heavy atom. The number of hydrogen-bond acceptors (Lipinski definition) is 2. The monoisotopic (exact) mass is 276 g/mol. The van der Waals surface area contributed by atoms with Crippen molar-refractivity contribution in [2.24, 2.45) is 0 Å². The minimum Gasteiger partial charge on any atom is -0.286 e. The van der Waals surface area contributed by atoms with Crippen LogP contribution < -0.4 is 0 Å². The van der Waals surface area contributed by atoms with Crippen molar-refractivity contribution in [1.29, 1.82) is 0 Å². The smallest absolute Gasteiger partial charge is 0.0975 e. The van der Waals surface area contributed by atoms with Gasteiger partial charge in [-0.1, -0.05) is 36.5 Å². The molecule has 21 heavy (non-hydrogen) atoms. The lowest BCUT2D eigenvalue weighted by atomic mass is 10.0. The van der Waals surface area contributed by atoms with Gasteiger partial charge in [0.2, 0.25) is 0 Å². The first-order valence-electron chi connectivity index (χ1n) is 7.64. The highest BCUT2D eigenvalue weighted by molar-refractivity contribution is 5.37. The molecule has 0 spiro atoms. The first kappa shape index (κ1) is 13.9. The summed E-state index contributed by atoms with van der Waals surface area (Å²) in [6, 6.07) is 14.6. The summed E-state index contributed by atoms with van der Waals surface area (Å²) in [5.41, 5.74) is 2.32. The standard InChI is InChI=1S/C19H20N2/c1-3-7-17(8-4-1)9-10-19(18-11-13-20-14-12-18)21-15-5-2-6-16-21/h1,3-4,7-8,11-14,19H,2,5-6,15-16H2/t19-/m1/s1. The molecule has 0 saturated carbocycles. The Labute approximate surface area is 126 Å². The van der Waals surface area contributed by atoms with E-state index in [2.05, 4.69) is 46.0 Å². The summed E-state index contributed by atoms with van der Waals surface area (Å²) in [4.78, 5) is 6.62. The molecule has 1 atom stereocenters. The van der Waals surface area contributed by atoms with E-state index < -0.39 is 0 Å². The summed E-state index contributed by atoms with van der Waals surface area (Å²) < 4.78 is 0. The van der Waals surface area contributed by atoms with Crippen LogP contribution in [0.15, 0.2) is 54.9 Å². The van der Waals surface area contributed by atoms with Crippen LogP contribution in [0.3, 0.4) is 0 Å². The highest BCUT2D eigenvalue weighted by atomic mass is 15.2. The first-order valence-corrected chi connectivity index (χ1v) is 7.64. The van der Waals surface area contributed by atoms with E-state index in [0.29, 0.717) is 0 Å². The minimum atomic E-state index is 0.175. The van der Waals surface area contributed by atoms with Crippen molar-refractivity contribution in [2.75, 3.05) is 13.1 Å². The van der Waals surface area contributed by atoms with Gasteiger partial charge in [0.05, 0.1) is 6.04 Å². The van der Waals surface area contributed by atoms with Crippen LogP contribution in [0.4, 0.5) is 0 Å². The summed E-state index contributed by atoms with van der Waals surface area (Å²) in [5, 5.41) is 0. The molecular formula is C19H20N2. The second kappa shape index (κ2) is 7.06. The van der Waals surface area contributed by atoms with Gasteiger partial charge < -0.3 is 0 Å².